The average molecular weight is 732 g/mol. The molecule has 4 aromatic heterocycles. The van der Waals surface area contributed by atoms with E-state index >= 15 is 0 Å². The SMILES string of the molecule is C1=CC2C(N=C1)c1cc3c(cc1C2(C1=CCCC=C1)c1ccccc1)c1ccccc1n3-c1ccc(-c2ccc(-n3c4cccnc4c4ncccc43)cc2)cc1. The second-order valence-corrected chi connectivity index (χ2v) is 15.4. The first-order chi connectivity index (χ1) is 28.3. The zero-order valence-corrected chi connectivity index (χ0v) is 31.2. The number of pyridine rings is 2. The number of rotatable bonds is 5. The van der Waals surface area contributed by atoms with Crippen LogP contribution in [0.15, 0.2) is 193 Å². The molecule has 0 spiro atoms. The molecule has 5 aromatic carbocycles. The number of hydrogen-bond acceptors (Lipinski definition) is 3. The highest BCUT2D eigenvalue weighted by molar-refractivity contribution is 6.10. The predicted octanol–water partition coefficient (Wildman–Crippen LogP) is 12.2. The molecule has 0 N–H and O–H groups in total. The summed E-state index contributed by atoms with van der Waals surface area (Å²) in [6.45, 7) is 0. The van der Waals surface area contributed by atoms with E-state index in [1.165, 1.54) is 55.2 Å². The maximum atomic E-state index is 5.23. The summed E-state index contributed by atoms with van der Waals surface area (Å²) in [6.07, 6.45) is 19.6. The molecule has 12 rings (SSSR count). The van der Waals surface area contributed by atoms with E-state index in [2.05, 4.69) is 177 Å². The molecule has 0 fully saturated rings. The van der Waals surface area contributed by atoms with Crippen LogP contribution in [0.25, 0.3) is 66.4 Å². The molecule has 270 valence electrons. The molecule has 9 aromatic rings. The van der Waals surface area contributed by atoms with E-state index in [9.17, 15) is 0 Å². The first kappa shape index (κ1) is 32.2. The van der Waals surface area contributed by atoms with Gasteiger partial charge in [0.15, 0.2) is 0 Å². The zero-order valence-electron chi connectivity index (χ0n) is 31.2. The molecule has 5 nitrogen and oxygen atoms in total. The van der Waals surface area contributed by atoms with E-state index in [0.717, 1.165) is 46.3 Å². The van der Waals surface area contributed by atoms with E-state index in [4.69, 9.17) is 4.99 Å². The third-order valence-corrected chi connectivity index (χ3v) is 12.6. The van der Waals surface area contributed by atoms with Gasteiger partial charge in [0.05, 0.1) is 33.5 Å². The molecule has 3 atom stereocenters. The lowest BCUT2D eigenvalue weighted by Crippen LogP contribution is -2.36. The van der Waals surface area contributed by atoms with Crippen molar-refractivity contribution in [3.63, 3.8) is 0 Å². The fourth-order valence-corrected chi connectivity index (χ4v) is 10.2. The number of aliphatic imine (C=N–C) groups is 1. The number of para-hydroxylation sites is 1. The van der Waals surface area contributed by atoms with Crippen LogP contribution in [0.3, 0.4) is 0 Å². The summed E-state index contributed by atoms with van der Waals surface area (Å²) in [5, 5.41) is 2.53. The van der Waals surface area contributed by atoms with Crippen molar-refractivity contribution in [3.8, 4) is 22.5 Å². The molecule has 0 amide bonds. The third kappa shape index (κ3) is 4.60. The summed E-state index contributed by atoms with van der Waals surface area (Å²) in [7, 11) is 0. The molecule has 0 saturated carbocycles. The third-order valence-electron chi connectivity index (χ3n) is 12.6. The van der Waals surface area contributed by atoms with Crippen LogP contribution in [-0.4, -0.2) is 25.3 Å². The smallest absolute Gasteiger partial charge is 0.115 e. The largest absolute Gasteiger partial charge is 0.309 e. The molecule has 1 aliphatic heterocycles. The monoisotopic (exact) mass is 731 g/mol. The number of nitrogens with zero attached hydrogens (tertiary/aromatic N) is 5. The molecule has 5 heterocycles. The Kier molecular flexibility index (Phi) is 7.03. The van der Waals surface area contributed by atoms with Gasteiger partial charge in [0.1, 0.15) is 11.0 Å². The van der Waals surface area contributed by atoms with Crippen molar-refractivity contribution in [2.75, 3.05) is 0 Å². The van der Waals surface area contributed by atoms with Crippen molar-refractivity contribution in [2.24, 2.45) is 10.9 Å². The Bertz CT molecular complexity index is 3120. The van der Waals surface area contributed by atoms with Gasteiger partial charge >= 0.3 is 0 Å². The van der Waals surface area contributed by atoms with Crippen molar-refractivity contribution in [3.05, 3.63) is 205 Å². The first-order valence-electron chi connectivity index (χ1n) is 19.9. The Morgan fingerprint density at radius 3 is 1.91 bits per heavy atom. The van der Waals surface area contributed by atoms with Gasteiger partial charge < -0.3 is 9.13 Å². The first-order valence-corrected chi connectivity index (χ1v) is 19.9. The lowest BCUT2D eigenvalue weighted by molar-refractivity contribution is 0.425. The van der Waals surface area contributed by atoms with Gasteiger partial charge in [-0.15, -0.1) is 0 Å². The minimum Gasteiger partial charge on any atom is -0.309 e. The fraction of sp³-hybridized carbons (Fsp3) is 0.0962. The molecule has 0 saturated heterocycles. The molecule has 2 aliphatic carbocycles. The minimum atomic E-state index is -0.337. The summed E-state index contributed by atoms with van der Waals surface area (Å²) in [5.74, 6) is 0.175. The Labute approximate surface area is 330 Å². The molecular weight excluding hydrogens is 695 g/mol. The topological polar surface area (TPSA) is 48.0 Å². The van der Waals surface area contributed by atoms with Crippen LogP contribution < -0.4 is 0 Å². The highest BCUT2D eigenvalue weighted by Crippen LogP contribution is 2.61. The van der Waals surface area contributed by atoms with E-state index in [-0.39, 0.29) is 17.4 Å². The van der Waals surface area contributed by atoms with E-state index in [1.807, 2.05) is 30.7 Å². The van der Waals surface area contributed by atoms with Gasteiger partial charge in [0, 0.05) is 46.7 Å². The second-order valence-electron chi connectivity index (χ2n) is 15.4. The highest BCUT2D eigenvalue weighted by Gasteiger charge is 2.54. The zero-order chi connectivity index (χ0) is 37.5. The van der Waals surface area contributed by atoms with E-state index in [1.54, 1.807) is 0 Å². The lowest BCUT2D eigenvalue weighted by Gasteiger charge is -2.40. The summed E-state index contributed by atoms with van der Waals surface area (Å²) in [4.78, 5) is 14.6. The van der Waals surface area contributed by atoms with Gasteiger partial charge in [0.25, 0.3) is 0 Å². The maximum Gasteiger partial charge on any atom is 0.115 e. The Morgan fingerprint density at radius 2 is 1.23 bits per heavy atom. The summed E-state index contributed by atoms with van der Waals surface area (Å²) < 4.78 is 4.70. The summed E-state index contributed by atoms with van der Waals surface area (Å²) >= 11 is 0. The predicted molar refractivity (Wildman–Crippen MR) is 234 cm³/mol. The second kappa shape index (κ2) is 12.5. The molecular formula is C52H37N5. The van der Waals surface area contributed by atoms with Gasteiger partial charge in [0.2, 0.25) is 0 Å². The number of hydrogen-bond donors (Lipinski definition) is 0. The van der Waals surface area contributed by atoms with E-state index < -0.39 is 0 Å². The van der Waals surface area contributed by atoms with Crippen molar-refractivity contribution >= 4 is 50.1 Å². The Morgan fingerprint density at radius 1 is 0.579 bits per heavy atom. The van der Waals surface area contributed by atoms with Crippen LogP contribution in [-0.2, 0) is 5.41 Å². The van der Waals surface area contributed by atoms with E-state index in [0.29, 0.717) is 0 Å². The van der Waals surface area contributed by atoms with Gasteiger partial charge in [-0.05, 0) is 119 Å². The van der Waals surface area contributed by atoms with Gasteiger partial charge in [-0.3, -0.25) is 15.0 Å². The van der Waals surface area contributed by atoms with Gasteiger partial charge in [-0.2, -0.15) is 0 Å². The highest BCUT2D eigenvalue weighted by atomic mass is 15.0. The van der Waals surface area contributed by atoms with Crippen LogP contribution in [0, 0.1) is 5.92 Å². The fourth-order valence-electron chi connectivity index (χ4n) is 10.2. The average Bonchev–Trinajstić information content (AvgIpc) is 3.90. The normalized spacial score (nSPS) is 19.8. The number of dihydropyridines is 1. The molecule has 5 heteroatoms. The van der Waals surface area contributed by atoms with Gasteiger partial charge in [-0.1, -0.05) is 97.1 Å². The lowest BCUT2D eigenvalue weighted by atomic mass is 9.63. The maximum absolute atomic E-state index is 5.23. The number of fused-ring (bicyclic) bond motifs is 9. The van der Waals surface area contributed by atoms with Crippen molar-refractivity contribution in [1.82, 2.24) is 19.1 Å². The molecule has 3 unspecified atom stereocenters. The molecule has 3 aliphatic rings. The van der Waals surface area contributed by atoms with Crippen LogP contribution >= 0.6 is 0 Å². The molecule has 0 radical (unpaired) electrons. The van der Waals surface area contributed by atoms with Crippen molar-refractivity contribution < 1.29 is 0 Å². The number of aromatic nitrogens is 4. The Balaban J connectivity index is 0.988. The standard InChI is InChI=1S/C52H37N5/c1-3-12-36(13-4-1)52(37-14-5-2-6-15-37)43-17-9-29-53-49(43)42-33-48-41(32-44(42)52)40-16-7-8-18-45(40)56(48)38-25-21-34(22-26-38)35-23-27-39(28-24-35)57-46-19-10-30-54-50(46)51-47(57)20-11-31-55-51/h1,3-5,7-33,43,49H,2,6H2. The quantitative estimate of drug-likeness (QED) is 0.177. The van der Waals surface area contributed by atoms with Crippen molar-refractivity contribution in [2.45, 2.75) is 24.3 Å². The van der Waals surface area contributed by atoms with Gasteiger partial charge in [-0.25, -0.2) is 0 Å². The molecule has 0 bridgehead atoms. The van der Waals surface area contributed by atoms with Crippen molar-refractivity contribution in [1.29, 1.82) is 0 Å². The van der Waals surface area contributed by atoms with Crippen LogP contribution in [0.4, 0.5) is 0 Å². The Hall–Kier alpha value is -7.11. The summed E-state index contributed by atoms with van der Waals surface area (Å²) in [6, 6.07) is 51.1. The minimum absolute atomic E-state index is 0.0256. The molecule has 57 heavy (non-hydrogen) atoms. The number of allylic oxidation sites excluding steroid dienone is 5. The van der Waals surface area contributed by atoms with Crippen LogP contribution in [0.5, 0.6) is 0 Å². The summed E-state index contributed by atoms with van der Waals surface area (Å²) in [5.41, 5.74) is 16.0. The van der Waals surface area contributed by atoms with Crippen LogP contribution in [0.2, 0.25) is 0 Å². The van der Waals surface area contributed by atoms with Crippen LogP contribution in [0.1, 0.15) is 35.6 Å². The number of benzene rings is 5.